The van der Waals surface area contributed by atoms with Gasteiger partial charge in [0, 0.05) is 39.1 Å². The molecule has 0 radical (unpaired) electrons. The minimum atomic E-state index is -5.08. The molecule has 0 aromatic carbocycles. The Bertz CT molecular complexity index is 1110. The summed E-state index contributed by atoms with van der Waals surface area (Å²) in [5.41, 5.74) is 1.84. The fraction of sp³-hybridized carbons (Fsp3) is 0.400. The van der Waals surface area contributed by atoms with Gasteiger partial charge in [0.25, 0.3) is 5.91 Å². The molecular formula is C20H20F9N5O7. The van der Waals surface area contributed by atoms with Crippen LogP contribution in [0.4, 0.5) is 39.5 Å². The Morgan fingerprint density at radius 1 is 0.854 bits per heavy atom. The number of imidazole rings is 1. The van der Waals surface area contributed by atoms with Crippen molar-refractivity contribution in [3.05, 3.63) is 47.8 Å². The first-order valence-corrected chi connectivity index (χ1v) is 10.4. The van der Waals surface area contributed by atoms with Gasteiger partial charge in [-0.1, -0.05) is 6.07 Å². The van der Waals surface area contributed by atoms with Crippen LogP contribution in [0.25, 0.3) is 0 Å². The number of carboxylic acids is 3. The van der Waals surface area contributed by atoms with Gasteiger partial charge in [0.1, 0.15) is 11.5 Å². The average Bonchev–Trinajstić information content (AvgIpc) is 3.27. The Kier molecular flexibility index (Phi) is 13.7. The number of carboxylic acid groups (broad SMARTS) is 3. The summed E-state index contributed by atoms with van der Waals surface area (Å²) < 4.78 is 97.2. The molecule has 0 atom stereocenters. The minimum Gasteiger partial charge on any atom is -0.475 e. The smallest absolute Gasteiger partial charge is 0.475 e. The third kappa shape index (κ3) is 14.0. The molecule has 0 aliphatic carbocycles. The number of halogens is 9. The quantitative estimate of drug-likeness (QED) is 0.377. The second-order valence-electron chi connectivity index (χ2n) is 7.27. The predicted octanol–water partition coefficient (Wildman–Crippen LogP) is 2.55. The molecule has 0 bridgehead atoms. The van der Waals surface area contributed by atoms with Crippen LogP contribution in [0.5, 0.6) is 0 Å². The Morgan fingerprint density at radius 3 is 1.68 bits per heavy atom. The number of nitrogens with one attached hydrogen (secondary N) is 1. The van der Waals surface area contributed by atoms with E-state index in [0.29, 0.717) is 5.69 Å². The van der Waals surface area contributed by atoms with Gasteiger partial charge in [-0.2, -0.15) is 39.5 Å². The standard InChI is InChI=1S/C14H17N5O.3C2HF3O2/c1-15-14(20)12-8-17-13-10-18(5-6-19(12)13)9-11-3-2-4-16-7-11;3*3-2(4,5)1(6)7/h2-4,7-8H,5-6,9-10H2,1H3,(H,15,20);3*(H,6,7). The average molecular weight is 613 g/mol. The number of hydrogen-bond acceptors (Lipinski definition) is 7. The molecule has 3 heterocycles. The third-order valence-electron chi connectivity index (χ3n) is 4.26. The van der Waals surface area contributed by atoms with Gasteiger partial charge < -0.3 is 25.2 Å². The van der Waals surface area contributed by atoms with Crippen molar-refractivity contribution in [3.63, 3.8) is 0 Å². The number of carbonyl (C=O) groups is 4. The number of amides is 1. The van der Waals surface area contributed by atoms with Crippen molar-refractivity contribution in [2.24, 2.45) is 0 Å². The van der Waals surface area contributed by atoms with Crippen molar-refractivity contribution in [2.75, 3.05) is 13.6 Å². The second kappa shape index (κ2) is 15.4. The van der Waals surface area contributed by atoms with Crippen LogP contribution in [0.15, 0.2) is 30.7 Å². The number of nitrogens with zero attached hydrogens (tertiary/aromatic N) is 4. The first-order chi connectivity index (χ1) is 18.6. The van der Waals surface area contributed by atoms with Crippen LogP contribution in [0.2, 0.25) is 0 Å². The van der Waals surface area contributed by atoms with Crippen molar-refractivity contribution < 1.29 is 74.0 Å². The number of carbonyl (C=O) groups excluding carboxylic acids is 1. The summed E-state index contributed by atoms with van der Waals surface area (Å²) in [6.45, 7) is 3.31. The Hall–Kier alpha value is -4.43. The lowest BCUT2D eigenvalue weighted by atomic mass is 10.2. The summed E-state index contributed by atoms with van der Waals surface area (Å²) >= 11 is 0. The van der Waals surface area contributed by atoms with Crippen LogP contribution in [0.1, 0.15) is 21.9 Å². The highest BCUT2D eigenvalue weighted by atomic mass is 19.4. The van der Waals surface area contributed by atoms with Gasteiger partial charge in [0.2, 0.25) is 0 Å². The summed E-state index contributed by atoms with van der Waals surface area (Å²) in [6.07, 6.45) is -9.93. The van der Waals surface area contributed by atoms with Crippen LogP contribution in [0, 0.1) is 0 Å². The largest absolute Gasteiger partial charge is 0.490 e. The van der Waals surface area contributed by atoms with Crippen LogP contribution < -0.4 is 5.32 Å². The highest BCUT2D eigenvalue weighted by molar-refractivity contribution is 5.92. The number of pyridine rings is 1. The number of rotatable bonds is 3. The summed E-state index contributed by atoms with van der Waals surface area (Å²) in [6, 6.07) is 4.02. The van der Waals surface area contributed by atoms with Gasteiger partial charge in [-0.25, -0.2) is 19.4 Å². The molecule has 2 aromatic rings. The van der Waals surface area contributed by atoms with E-state index < -0.39 is 36.4 Å². The van der Waals surface area contributed by atoms with Crippen molar-refractivity contribution in [3.8, 4) is 0 Å². The van der Waals surface area contributed by atoms with E-state index in [0.717, 1.165) is 32.0 Å². The normalized spacial score (nSPS) is 13.0. The fourth-order valence-corrected chi connectivity index (χ4v) is 2.50. The molecule has 41 heavy (non-hydrogen) atoms. The molecule has 1 aliphatic heterocycles. The second-order valence-corrected chi connectivity index (χ2v) is 7.27. The fourth-order valence-electron chi connectivity index (χ4n) is 2.50. The summed E-state index contributed by atoms with van der Waals surface area (Å²) in [5.74, 6) is -7.41. The predicted molar refractivity (Wildman–Crippen MR) is 115 cm³/mol. The zero-order valence-corrected chi connectivity index (χ0v) is 20.4. The molecule has 0 saturated carbocycles. The Morgan fingerprint density at radius 2 is 1.32 bits per heavy atom. The van der Waals surface area contributed by atoms with E-state index in [-0.39, 0.29) is 5.91 Å². The van der Waals surface area contributed by atoms with Gasteiger partial charge in [-0.05, 0) is 11.6 Å². The number of aromatic nitrogens is 3. The molecule has 0 spiro atoms. The maximum absolute atomic E-state index is 11.7. The third-order valence-corrected chi connectivity index (χ3v) is 4.26. The molecule has 3 rings (SSSR count). The van der Waals surface area contributed by atoms with E-state index in [9.17, 15) is 44.3 Å². The maximum Gasteiger partial charge on any atom is 0.490 e. The van der Waals surface area contributed by atoms with Crippen LogP contribution in [-0.2, 0) is 34.0 Å². The van der Waals surface area contributed by atoms with E-state index in [2.05, 4.69) is 26.3 Å². The minimum absolute atomic E-state index is 0.0792. The van der Waals surface area contributed by atoms with Crippen molar-refractivity contribution in [2.45, 2.75) is 38.2 Å². The first kappa shape index (κ1) is 36.6. The van der Waals surface area contributed by atoms with E-state index in [4.69, 9.17) is 29.7 Å². The SMILES string of the molecule is CNC(=O)c1cnc2n1CCN(Cc1cccnc1)C2.O=C(O)C(F)(F)F.O=C(O)C(F)(F)F.O=C(O)C(F)(F)F. The summed E-state index contributed by atoms with van der Waals surface area (Å²) in [4.78, 5) is 49.2. The molecule has 21 heteroatoms. The number of alkyl halides is 9. The van der Waals surface area contributed by atoms with Gasteiger partial charge in [0.05, 0.1) is 12.7 Å². The highest BCUT2D eigenvalue weighted by Gasteiger charge is 2.39. The zero-order chi connectivity index (χ0) is 32.2. The molecule has 0 saturated heterocycles. The highest BCUT2D eigenvalue weighted by Crippen LogP contribution is 2.17. The number of fused-ring (bicyclic) bond motifs is 1. The number of aliphatic carboxylic acids is 3. The molecule has 12 nitrogen and oxygen atoms in total. The first-order valence-electron chi connectivity index (χ1n) is 10.4. The summed E-state index contributed by atoms with van der Waals surface area (Å²) in [5, 5.41) is 24.0. The van der Waals surface area contributed by atoms with Crippen LogP contribution in [-0.4, -0.2) is 90.7 Å². The van der Waals surface area contributed by atoms with Crippen molar-refractivity contribution >= 4 is 23.8 Å². The van der Waals surface area contributed by atoms with E-state index >= 15 is 0 Å². The molecule has 1 amide bonds. The molecule has 2 aromatic heterocycles. The van der Waals surface area contributed by atoms with Gasteiger partial charge in [0.15, 0.2) is 0 Å². The summed E-state index contributed by atoms with van der Waals surface area (Å²) in [7, 11) is 1.64. The van der Waals surface area contributed by atoms with E-state index in [1.807, 2.05) is 16.8 Å². The lowest BCUT2D eigenvalue weighted by Crippen LogP contribution is -2.35. The molecular weight excluding hydrogens is 593 g/mol. The molecule has 230 valence electrons. The molecule has 1 aliphatic rings. The lowest BCUT2D eigenvalue weighted by molar-refractivity contribution is -0.193. The van der Waals surface area contributed by atoms with Crippen LogP contribution >= 0.6 is 0 Å². The van der Waals surface area contributed by atoms with Gasteiger partial charge in [-0.3, -0.25) is 14.7 Å². The van der Waals surface area contributed by atoms with Gasteiger partial charge >= 0.3 is 36.4 Å². The Labute approximate surface area is 223 Å². The van der Waals surface area contributed by atoms with E-state index in [1.165, 1.54) is 5.56 Å². The van der Waals surface area contributed by atoms with E-state index in [1.54, 1.807) is 19.4 Å². The topological polar surface area (TPSA) is 175 Å². The monoisotopic (exact) mass is 613 g/mol. The zero-order valence-electron chi connectivity index (χ0n) is 20.4. The van der Waals surface area contributed by atoms with Crippen molar-refractivity contribution in [1.82, 2.24) is 24.8 Å². The van der Waals surface area contributed by atoms with Crippen molar-refractivity contribution in [1.29, 1.82) is 0 Å². The van der Waals surface area contributed by atoms with Crippen LogP contribution in [0.3, 0.4) is 0 Å². The molecule has 4 N–H and O–H groups in total. The van der Waals surface area contributed by atoms with Gasteiger partial charge in [-0.15, -0.1) is 0 Å². The Balaban J connectivity index is 0.000000631. The maximum atomic E-state index is 11.7. The number of hydrogen-bond donors (Lipinski definition) is 4. The lowest BCUT2D eigenvalue weighted by Gasteiger charge is -2.28. The molecule has 0 fully saturated rings. The molecule has 0 unspecified atom stereocenters.